The number of hydrogen-bond donors (Lipinski definition) is 0. The van der Waals surface area contributed by atoms with Crippen molar-refractivity contribution in [3.8, 4) is 0 Å². The van der Waals surface area contributed by atoms with Gasteiger partial charge in [0.2, 0.25) is 11.8 Å². The Hall–Kier alpha value is -1.88. The molecule has 2 heterocycles. The molecule has 5 nitrogen and oxygen atoms in total. The summed E-state index contributed by atoms with van der Waals surface area (Å²) >= 11 is 0. The Morgan fingerprint density at radius 1 is 1.30 bits per heavy atom. The van der Waals surface area contributed by atoms with Gasteiger partial charge in [0.05, 0.1) is 18.6 Å². The fourth-order valence-electron chi connectivity index (χ4n) is 3.64. The van der Waals surface area contributed by atoms with E-state index < -0.39 is 0 Å². The van der Waals surface area contributed by atoms with Crippen LogP contribution in [0.3, 0.4) is 0 Å². The largest absolute Gasteiger partial charge is 0.383 e. The lowest BCUT2D eigenvalue weighted by Crippen LogP contribution is -2.37. The lowest BCUT2D eigenvalue weighted by atomic mass is 10.0. The molecule has 0 aromatic heterocycles. The third-order valence-electron chi connectivity index (χ3n) is 4.85. The number of nitrogens with zero attached hydrogens (tertiary/aromatic N) is 2. The number of carbonyl (C=O) groups excluding carboxylic acids is 2. The van der Waals surface area contributed by atoms with Gasteiger partial charge in [0.25, 0.3) is 0 Å². The van der Waals surface area contributed by atoms with Crippen molar-refractivity contribution < 1.29 is 14.3 Å². The highest BCUT2D eigenvalue weighted by molar-refractivity contribution is 5.89. The summed E-state index contributed by atoms with van der Waals surface area (Å²) in [5.74, 6) is -0.0100. The fourth-order valence-corrected chi connectivity index (χ4v) is 3.64. The van der Waals surface area contributed by atoms with Gasteiger partial charge in [0.15, 0.2) is 0 Å². The molecular weight excluding hydrogens is 292 g/mol. The maximum Gasteiger partial charge on any atom is 0.228 e. The molecule has 2 aliphatic heterocycles. The van der Waals surface area contributed by atoms with Crippen LogP contribution in [0.2, 0.25) is 0 Å². The number of hydrogen-bond acceptors (Lipinski definition) is 3. The molecule has 2 saturated heterocycles. The van der Waals surface area contributed by atoms with Gasteiger partial charge in [-0.3, -0.25) is 9.59 Å². The quantitative estimate of drug-likeness (QED) is 0.833. The molecule has 0 unspecified atom stereocenters. The molecule has 1 aromatic carbocycles. The van der Waals surface area contributed by atoms with Crippen LogP contribution in [0.4, 0.5) is 0 Å². The van der Waals surface area contributed by atoms with Gasteiger partial charge in [-0.15, -0.1) is 0 Å². The van der Waals surface area contributed by atoms with Gasteiger partial charge >= 0.3 is 0 Å². The highest BCUT2D eigenvalue weighted by Crippen LogP contribution is 2.34. The first-order valence-corrected chi connectivity index (χ1v) is 8.33. The number of carbonyl (C=O) groups is 2. The van der Waals surface area contributed by atoms with Crippen LogP contribution in [0.25, 0.3) is 0 Å². The summed E-state index contributed by atoms with van der Waals surface area (Å²) in [6.07, 6.45) is 2.36. The standard InChI is InChI=1S/C18H24N2O3/c1-23-11-10-19-13-15(12-17(19)21)18(22)20-9-5-8-16(20)14-6-3-2-4-7-14/h2-4,6-7,15-16H,5,8-13H2,1H3/t15-,16+/m0/s1. The van der Waals surface area contributed by atoms with Crippen LogP contribution in [-0.4, -0.2) is 55.0 Å². The zero-order valence-corrected chi connectivity index (χ0v) is 13.6. The molecule has 0 bridgehead atoms. The second-order valence-electron chi connectivity index (χ2n) is 6.33. The van der Waals surface area contributed by atoms with Crippen LogP contribution < -0.4 is 0 Å². The maximum atomic E-state index is 12.9. The first-order chi connectivity index (χ1) is 11.2. The molecule has 0 radical (unpaired) electrons. The summed E-state index contributed by atoms with van der Waals surface area (Å²) in [5.41, 5.74) is 1.19. The van der Waals surface area contributed by atoms with E-state index in [1.807, 2.05) is 23.1 Å². The van der Waals surface area contributed by atoms with Gasteiger partial charge < -0.3 is 14.5 Å². The Morgan fingerprint density at radius 2 is 2.09 bits per heavy atom. The van der Waals surface area contributed by atoms with Crippen molar-refractivity contribution in [1.82, 2.24) is 9.80 Å². The monoisotopic (exact) mass is 316 g/mol. The van der Waals surface area contributed by atoms with E-state index in [0.717, 1.165) is 19.4 Å². The van der Waals surface area contributed by atoms with E-state index in [0.29, 0.717) is 26.1 Å². The second-order valence-corrected chi connectivity index (χ2v) is 6.33. The first-order valence-electron chi connectivity index (χ1n) is 8.33. The van der Waals surface area contributed by atoms with Crippen LogP contribution in [0.5, 0.6) is 0 Å². The minimum atomic E-state index is -0.205. The Kier molecular flexibility index (Phi) is 4.96. The van der Waals surface area contributed by atoms with Crippen LogP contribution in [0, 0.1) is 5.92 Å². The fraction of sp³-hybridized carbons (Fsp3) is 0.556. The third kappa shape index (κ3) is 3.39. The number of ether oxygens (including phenoxy) is 1. The molecule has 0 spiro atoms. The van der Waals surface area contributed by atoms with E-state index in [2.05, 4.69) is 12.1 Å². The normalized spacial score (nSPS) is 24.5. The highest BCUT2D eigenvalue weighted by atomic mass is 16.5. The first kappa shape index (κ1) is 16.0. The Morgan fingerprint density at radius 3 is 2.83 bits per heavy atom. The predicted octanol–water partition coefficient (Wildman–Crippen LogP) is 1.84. The van der Waals surface area contributed by atoms with E-state index >= 15 is 0 Å². The molecule has 124 valence electrons. The number of methoxy groups -OCH3 is 1. The number of benzene rings is 1. The lowest BCUT2D eigenvalue weighted by molar-refractivity contribution is -0.136. The van der Waals surface area contributed by atoms with Crippen molar-refractivity contribution in [2.24, 2.45) is 5.92 Å². The average molecular weight is 316 g/mol. The molecule has 2 fully saturated rings. The highest BCUT2D eigenvalue weighted by Gasteiger charge is 2.39. The summed E-state index contributed by atoms with van der Waals surface area (Å²) in [6, 6.07) is 10.4. The van der Waals surface area contributed by atoms with Crippen LogP contribution >= 0.6 is 0 Å². The topological polar surface area (TPSA) is 49.9 Å². The van der Waals surface area contributed by atoms with Gasteiger partial charge in [-0.1, -0.05) is 30.3 Å². The molecule has 23 heavy (non-hydrogen) atoms. The summed E-state index contributed by atoms with van der Waals surface area (Å²) in [5, 5.41) is 0. The zero-order chi connectivity index (χ0) is 16.2. The van der Waals surface area contributed by atoms with Gasteiger partial charge in [-0.05, 0) is 18.4 Å². The van der Waals surface area contributed by atoms with E-state index in [1.165, 1.54) is 5.56 Å². The van der Waals surface area contributed by atoms with E-state index in [1.54, 1.807) is 12.0 Å². The predicted molar refractivity (Wildman–Crippen MR) is 86.7 cm³/mol. The van der Waals surface area contributed by atoms with E-state index in [9.17, 15) is 9.59 Å². The van der Waals surface area contributed by atoms with Gasteiger partial charge in [0, 0.05) is 33.2 Å². The molecule has 2 amide bonds. The van der Waals surface area contributed by atoms with Crippen molar-refractivity contribution in [2.45, 2.75) is 25.3 Å². The second kappa shape index (κ2) is 7.13. The average Bonchev–Trinajstić information content (AvgIpc) is 3.20. The maximum absolute atomic E-state index is 12.9. The third-order valence-corrected chi connectivity index (χ3v) is 4.85. The van der Waals surface area contributed by atoms with Crippen molar-refractivity contribution in [3.05, 3.63) is 35.9 Å². The number of rotatable bonds is 5. The molecule has 2 aliphatic rings. The van der Waals surface area contributed by atoms with E-state index in [4.69, 9.17) is 4.74 Å². The minimum Gasteiger partial charge on any atom is -0.383 e. The Balaban J connectivity index is 1.67. The van der Waals surface area contributed by atoms with Crippen molar-refractivity contribution >= 4 is 11.8 Å². The summed E-state index contributed by atoms with van der Waals surface area (Å²) in [6.45, 7) is 2.41. The Bertz CT molecular complexity index is 561. The lowest BCUT2D eigenvalue weighted by Gasteiger charge is -2.27. The molecule has 1 aromatic rings. The van der Waals surface area contributed by atoms with Crippen LogP contribution in [-0.2, 0) is 14.3 Å². The molecule has 0 saturated carbocycles. The van der Waals surface area contributed by atoms with Crippen molar-refractivity contribution in [2.75, 3.05) is 33.4 Å². The molecule has 3 rings (SSSR count). The molecular formula is C18H24N2O3. The zero-order valence-electron chi connectivity index (χ0n) is 13.6. The Labute approximate surface area is 137 Å². The van der Waals surface area contributed by atoms with Crippen molar-refractivity contribution in [3.63, 3.8) is 0 Å². The summed E-state index contributed by atoms with van der Waals surface area (Å²) < 4.78 is 5.03. The van der Waals surface area contributed by atoms with Crippen LogP contribution in [0.15, 0.2) is 30.3 Å². The molecule has 5 heteroatoms. The van der Waals surface area contributed by atoms with Gasteiger partial charge in [-0.25, -0.2) is 0 Å². The minimum absolute atomic E-state index is 0.0656. The van der Waals surface area contributed by atoms with E-state index in [-0.39, 0.29) is 23.8 Å². The molecule has 0 aliphatic carbocycles. The summed E-state index contributed by atoms with van der Waals surface area (Å²) in [7, 11) is 1.62. The van der Waals surface area contributed by atoms with Gasteiger partial charge in [-0.2, -0.15) is 0 Å². The van der Waals surface area contributed by atoms with Crippen molar-refractivity contribution in [1.29, 1.82) is 0 Å². The smallest absolute Gasteiger partial charge is 0.228 e. The summed E-state index contributed by atoms with van der Waals surface area (Å²) in [4.78, 5) is 28.7. The number of likely N-dealkylation sites (tertiary alicyclic amines) is 2. The van der Waals surface area contributed by atoms with Gasteiger partial charge in [0.1, 0.15) is 0 Å². The van der Waals surface area contributed by atoms with Crippen LogP contribution in [0.1, 0.15) is 30.9 Å². The number of amides is 2. The SMILES string of the molecule is COCCN1C[C@@H](C(=O)N2CCC[C@@H]2c2ccccc2)CC1=O. The molecule has 2 atom stereocenters. The molecule has 0 N–H and O–H groups in total.